The Labute approximate surface area is 373 Å². The summed E-state index contributed by atoms with van der Waals surface area (Å²) in [6.45, 7) is 0. The van der Waals surface area contributed by atoms with E-state index in [0.717, 1.165) is 60.9 Å². The summed E-state index contributed by atoms with van der Waals surface area (Å²) in [6, 6.07) is 76.0. The first-order valence-corrected chi connectivity index (χ1v) is 22.1. The van der Waals surface area contributed by atoms with Gasteiger partial charge >= 0.3 is 0 Å². The van der Waals surface area contributed by atoms with Crippen LogP contribution in [0, 0.1) is 0 Å². The van der Waals surface area contributed by atoms with Gasteiger partial charge < -0.3 is 4.42 Å². The second-order valence-corrected chi connectivity index (χ2v) is 17.1. The maximum atomic E-state index is 6.20. The van der Waals surface area contributed by atoms with Crippen LogP contribution in [0.4, 0.5) is 0 Å². The first kappa shape index (κ1) is 35.8. The molecule has 0 bridgehead atoms. The van der Waals surface area contributed by atoms with E-state index in [4.69, 9.17) is 19.4 Å². The monoisotopic (exact) mass is 825 g/mol. The van der Waals surface area contributed by atoms with Gasteiger partial charge in [-0.15, -0.1) is 0 Å². The number of para-hydroxylation sites is 1. The van der Waals surface area contributed by atoms with Crippen LogP contribution in [0.5, 0.6) is 0 Å². The maximum Gasteiger partial charge on any atom is 0.164 e. The Kier molecular flexibility index (Phi) is 7.65. The van der Waals surface area contributed by atoms with E-state index in [1.165, 1.54) is 64.6 Å². The summed E-state index contributed by atoms with van der Waals surface area (Å²) < 4.78 is 6.20. The third kappa shape index (κ3) is 5.54. The van der Waals surface area contributed by atoms with Gasteiger partial charge in [0.15, 0.2) is 17.5 Å². The van der Waals surface area contributed by atoms with Crippen LogP contribution in [0.25, 0.3) is 143 Å². The fraction of sp³-hybridized carbons (Fsp3) is 0. The van der Waals surface area contributed by atoms with E-state index in [1.54, 1.807) is 0 Å². The Balaban J connectivity index is 0.976. The molecule has 0 spiro atoms. The molecule has 0 saturated heterocycles. The average Bonchev–Trinajstić information content (AvgIpc) is 3.82. The van der Waals surface area contributed by atoms with Crippen molar-refractivity contribution in [2.45, 2.75) is 0 Å². The van der Waals surface area contributed by atoms with E-state index >= 15 is 0 Å². The van der Waals surface area contributed by atoms with E-state index in [9.17, 15) is 0 Å². The van der Waals surface area contributed by atoms with Crippen LogP contribution in [0.1, 0.15) is 0 Å². The number of furan rings is 1. The summed E-state index contributed by atoms with van der Waals surface area (Å²) in [5, 5.41) is 18.5. The summed E-state index contributed by atoms with van der Waals surface area (Å²) in [7, 11) is 0. The van der Waals surface area contributed by atoms with Crippen LogP contribution < -0.4 is 0 Å². The third-order valence-electron chi connectivity index (χ3n) is 13.4. The van der Waals surface area contributed by atoms with Gasteiger partial charge in [0.25, 0.3) is 0 Å². The van der Waals surface area contributed by atoms with Crippen molar-refractivity contribution in [3.63, 3.8) is 0 Å². The average molecular weight is 826 g/mol. The molecule has 14 rings (SSSR count). The van der Waals surface area contributed by atoms with E-state index in [2.05, 4.69) is 176 Å². The van der Waals surface area contributed by atoms with Crippen molar-refractivity contribution in [3.8, 4) is 56.6 Å². The molecule has 4 heteroatoms. The molecule has 2 heterocycles. The molecule has 0 aliphatic rings. The standard InChI is InChI=1S/C61H35N3O/c1-2-11-40(12-3-1)59-62-60(41-28-23-36(24-29-41)54-35-42-13-4-7-22-53(42)65-54)64-61(63-59)51-32-31-45(46-17-5-6-18-47(46)51)44-33-43-30-27-39-15-9-20-49-48-19-8-14-37-25-26-38-16-10-21-50(57(38)55(37)48)52(34-44)58(43)56(39)49/h1-35H. The van der Waals surface area contributed by atoms with Crippen molar-refractivity contribution in [2.24, 2.45) is 0 Å². The molecule has 4 nitrogen and oxygen atoms in total. The van der Waals surface area contributed by atoms with Gasteiger partial charge in [-0.05, 0) is 117 Å². The molecular weight excluding hydrogens is 791 g/mol. The largest absolute Gasteiger partial charge is 0.456 e. The molecule has 12 aromatic carbocycles. The summed E-state index contributed by atoms with van der Waals surface area (Å²) in [5.41, 5.74) is 6.95. The zero-order chi connectivity index (χ0) is 42.6. The Morgan fingerprint density at radius 2 is 0.738 bits per heavy atom. The third-order valence-corrected chi connectivity index (χ3v) is 13.4. The molecule has 300 valence electrons. The number of fused-ring (bicyclic) bond motifs is 4. The van der Waals surface area contributed by atoms with Crippen LogP contribution in [-0.2, 0) is 0 Å². The lowest BCUT2D eigenvalue weighted by molar-refractivity contribution is 0.631. The number of rotatable bonds is 5. The lowest BCUT2D eigenvalue weighted by atomic mass is 9.86. The SMILES string of the molecule is c1ccc(-c2nc(-c3ccc(-c4cc5ccccc5o4)cc3)nc(-c3ccc(-c4cc5ccc6cccc7c8cccc9ccc%10cccc(c(c4)c5c67)c%10c98)c4ccccc34)n2)cc1. The molecule has 0 amide bonds. The number of nitrogens with zero attached hydrogens (tertiary/aromatic N) is 3. The topological polar surface area (TPSA) is 51.8 Å². The first-order valence-electron chi connectivity index (χ1n) is 22.1. The van der Waals surface area contributed by atoms with Crippen molar-refractivity contribution < 1.29 is 4.42 Å². The summed E-state index contributed by atoms with van der Waals surface area (Å²) >= 11 is 0. The number of hydrogen-bond donors (Lipinski definition) is 0. The highest BCUT2D eigenvalue weighted by Crippen LogP contribution is 2.46. The Morgan fingerprint density at radius 1 is 0.262 bits per heavy atom. The van der Waals surface area contributed by atoms with E-state index in [-0.39, 0.29) is 0 Å². The van der Waals surface area contributed by atoms with E-state index in [1.807, 2.05) is 36.4 Å². The molecule has 14 aromatic rings. The molecule has 0 atom stereocenters. The Bertz CT molecular complexity index is 4190. The van der Waals surface area contributed by atoms with Crippen LogP contribution in [0.15, 0.2) is 217 Å². The summed E-state index contributed by atoms with van der Waals surface area (Å²) in [6.07, 6.45) is 0. The fourth-order valence-corrected chi connectivity index (χ4v) is 10.4. The lowest BCUT2D eigenvalue weighted by Crippen LogP contribution is -2.00. The Hall–Kier alpha value is -8.73. The molecule has 0 saturated carbocycles. The predicted octanol–water partition coefficient (Wildman–Crippen LogP) is 16.5. The van der Waals surface area contributed by atoms with Gasteiger partial charge in [-0.2, -0.15) is 0 Å². The quantitative estimate of drug-likeness (QED) is 0.162. The highest BCUT2D eigenvalue weighted by molar-refractivity contribution is 6.37. The number of aromatic nitrogens is 3. The molecule has 0 unspecified atom stereocenters. The molecule has 65 heavy (non-hydrogen) atoms. The molecule has 0 aliphatic heterocycles. The minimum atomic E-state index is 0.608. The molecule has 0 aliphatic carbocycles. The van der Waals surface area contributed by atoms with Crippen LogP contribution in [0.3, 0.4) is 0 Å². The molecular formula is C61H35N3O. The van der Waals surface area contributed by atoms with Crippen LogP contribution >= 0.6 is 0 Å². The number of hydrogen-bond acceptors (Lipinski definition) is 4. The van der Waals surface area contributed by atoms with Crippen LogP contribution in [-0.4, -0.2) is 15.0 Å². The van der Waals surface area contributed by atoms with Gasteiger partial charge in [-0.3, -0.25) is 0 Å². The Morgan fingerprint density at radius 3 is 1.40 bits per heavy atom. The van der Waals surface area contributed by atoms with Crippen molar-refractivity contribution in [1.29, 1.82) is 0 Å². The van der Waals surface area contributed by atoms with Gasteiger partial charge in [0, 0.05) is 27.6 Å². The normalized spacial score (nSPS) is 12.0. The summed E-state index contributed by atoms with van der Waals surface area (Å²) in [5.74, 6) is 2.68. The second kappa shape index (κ2) is 13.9. The van der Waals surface area contributed by atoms with Crippen molar-refractivity contribution >= 4 is 86.4 Å². The van der Waals surface area contributed by atoms with Gasteiger partial charge in [-0.1, -0.05) is 182 Å². The molecule has 0 fully saturated rings. The molecule has 2 aromatic heterocycles. The summed E-state index contributed by atoms with van der Waals surface area (Å²) in [4.78, 5) is 15.5. The maximum absolute atomic E-state index is 6.20. The van der Waals surface area contributed by atoms with Gasteiger partial charge in [0.05, 0.1) is 0 Å². The highest BCUT2D eigenvalue weighted by Gasteiger charge is 2.20. The molecule has 0 N–H and O–H groups in total. The number of benzene rings is 11. The van der Waals surface area contributed by atoms with E-state index in [0.29, 0.717) is 17.5 Å². The fourth-order valence-electron chi connectivity index (χ4n) is 10.4. The van der Waals surface area contributed by atoms with Gasteiger partial charge in [0.2, 0.25) is 0 Å². The minimum absolute atomic E-state index is 0.608. The van der Waals surface area contributed by atoms with Crippen LogP contribution in [0.2, 0.25) is 0 Å². The lowest BCUT2D eigenvalue weighted by Gasteiger charge is -2.18. The van der Waals surface area contributed by atoms with Crippen molar-refractivity contribution in [1.82, 2.24) is 15.0 Å². The van der Waals surface area contributed by atoms with E-state index < -0.39 is 0 Å². The minimum Gasteiger partial charge on any atom is -0.456 e. The predicted molar refractivity (Wildman–Crippen MR) is 271 cm³/mol. The van der Waals surface area contributed by atoms with Gasteiger partial charge in [0.1, 0.15) is 11.3 Å². The zero-order valence-electron chi connectivity index (χ0n) is 35.0. The second-order valence-electron chi connectivity index (χ2n) is 17.1. The van der Waals surface area contributed by atoms with Crippen molar-refractivity contribution in [3.05, 3.63) is 212 Å². The molecule has 0 radical (unpaired) electrons. The van der Waals surface area contributed by atoms with Crippen molar-refractivity contribution in [2.75, 3.05) is 0 Å². The smallest absolute Gasteiger partial charge is 0.164 e. The zero-order valence-corrected chi connectivity index (χ0v) is 35.0. The first-order chi connectivity index (χ1) is 32.2. The van der Waals surface area contributed by atoms with Gasteiger partial charge in [-0.25, -0.2) is 15.0 Å². The highest BCUT2D eigenvalue weighted by atomic mass is 16.3.